The number of halogens is 2. The summed E-state index contributed by atoms with van der Waals surface area (Å²) in [5, 5.41) is 0.620. The summed E-state index contributed by atoms with van der Waals surface area (Å²) in [7, 11) is 0. The molecule has 2 N–H and O–H groups in total. The Morgan fingerprint density at radius 1 is 1.47 bits per heavy atom. The molecule has 2 rings (SSSR count). The van der Waals surface area contributed by atoms with Crippen molar-refractivity contribution in [1.29, 1.82) is 0 Å². The number of likely N-dealkylation sites (tertiary alicyclic amines) is 1. The fourth-order valence-electron chi connectivity index (χ4n) is 2.60. The van der Waals surface area contributed by atoms with Crippen molar-refractivity contribution in [1.82, 2.24) is 4.90 Å². The first-order chi connectivity index (χ1) is 9.02. The van der Waals surface area contributed by atoms with Crippen LogP contribution < -0.4 is 5.73 Å². The lowest BCUT2D eigenvalue weighted by Crippen LogP contribution is -2.29. The highest BCUT2D eigenvalue weighted by atomic mass is 35.5. The summed E-state index contributed by atoms with van der Waals surface area (Å²) >= 11 is 12.1. The average molecular weight is 301 g/mol. The molecule has 1 aromatic rings. The van der Waals surface area contributed by atoms with Gasteiger partial charge in [-0.25, -0.2) is 0 Å². The number of nitrogens with two attached hydrogens (primary N) is 1. The van der Waals surface area contributed by atoms with E-state index < -0.39 is 0 Å². The third kappa shape index (κ3) is 3.15. The Hall–Kier alpha value is -0.930. The third-order valence-corrected chi connectivity index (χ3v) is 4.35. The van der Waals surface area contributed by atoms with Gasteiger partial charge >= 0.3 is 0 Å². The zero-order valence-electron chi connectivity index (χ0n) is 11.0. The van der Waals surface area contributed by atoms with Gasteiger partial charge in [-0.15, -0.1) is 0 Å². The van der Waals surface area contributed by atoms with Crippen LogP contribution in [0.3, 0.4) is 0 Å². The molecule has 1 aromatic carbocycles. The van der Waals surface area contributed by atoms with E-state index in [-0.39, 0.29) is 5.91 Å². The molecule has 1 unspecified atom stereocenters. The number of carbonyl (C=O) groups is 1. The van der Waals surface area contributed by atoms with Gasteiger partial charge in [0.1, 0.15) is 0 Å². The van der Waals surface area contributed by atoms with Gasteiger partial charge in [0.2, 0.25) is 0 Å². The van der Waals surface area contributed by atoms with Crippen LogP contribution in [0, 0.1) is 5.92 Å². The average Bonchev–Trinajstić information content (AvgIpc) is 2.82. The molecule has 19 heavy (non-hydrogen) atoms. The number of anilines is 1. The van der Waals surface area contributed by atoms with Gasteiger partial charge in [0.05, 0.1) is 15.6 Å². The van der Waals surface area contributed by atoms with E-state index in [9.17, 15) is 4.79 Å². The van der Waals surface area contributed by atoms with Crippen LogP contribution in [-0.4, -0.2) is 23.9 Å². The lowest BCUT2D eigenvalue weighted by atomic mass is 10.0. The highest BCUT2D eigenvalue weighted by Gasteiger charge is 2.28. The van der Waals surface area contributed by atoms with E-state index in [1.807, 2.05) is 4.90 Å². The van der Waals surface area contributed by atoms with Crippen molar-refractivity contribution in [3.63, 3.8) is 0 Å². The van der Waals surface area contributed by atoms with Crippen LogP contribution >= 0.6 is 23.2 Å². The largest absolute Gasteiger partial charge is 0.399 e. The number of amides is 1. The lowest BCUT2D eigenvalue weighted by Gasteiger charge is -2.18. The van der Waals surface area contributed by atoms with E-state index in [0.717, 1.165) is 32.4 Å². The van der Waals surface area contributed by atoms with Gasteiger partial charge in [-0.1, -0.05) is 36.5 Å². The molecule has 0 aliphatic carbocycles. The predicted octanol–water partition coefficient (Wildman–Crippen LogP) is 3.84. The van der Waals surface area contributed by atoms with E-state index in [1.54, 1.807) is 12.1 Å². The summed E-state index contributed by atoms with van der Waals surface area (Å²) in [4.78, 5) is 14.3. The minimum atomic E-state index is -0.0715. The molecular weight excluding hydrogens is 283 g/mol. The molecule has 104 valence electrons. The van der Waals surface area contributed by atoms with Gasteiger partial charge in [0, 0.05) is 18.8 Å². The standard InChI is InChI=1S/C14H18Cl2N2O/c1-2-3-9-4-5-18(8-9)14(19)11-6-10(17)7-12(15)13(11)16/h6-7,9H,2-5,8,17H2,1H3. The predicted molar refractivity (Wildman–Crippen MR) is 79.8 cm³/mol. The summed E-state index contributed by atoms with van der Waals surface area (Å²) < 4.78 is 0. The number of benzene rings is 1. The first-order valence-electron chi connectivity index (χ1n) is 6.56. The summed E-state index contributed by atoms with van der Waals surface area (Å²) in [5.74, 6) is 0.530. The Bertz CT molecular complexity index is 491. The molecule has 1 atom stereocenters. The molecule has 1 aliphatic heterocycles. The van der Waals surface area contributed by atoms with Crippen molar-refractivity contribution >= 4 is 34.8 Å². The van der Waals surface area contributed by atoms with Crippen LogP contribution in [0.25, 0.3) is 0 Å². The number of nitrogens with zero attached hydrogens (tertiary/aromatic N) is 1. The van der Waals surface area contributed by atoms with Gasteiger partial charge in [-0.2, -0.15) is 0 Å². The molecule has 1 heterocycles. The SMILES string of the molecule is CCCC1CCN(C(=O)c2cc(N)cc(Cl)c2Cl)C1. The van der Waals surface area contributed by atoms with Gasteiger partial charge in [-0.05, 0) is 30.9 Å². The first-order valence-corrected chi connectivity index (χ1v) is 7.32. The Kier molecular flexibility index (Phi) is 4.58. The number of hydrogen-bond donors (Lipinski definition) is 1. The molecule has 0 saturated carbocycles. The molecule has 3 nitrogen and oxygen atoms in total. The summed E-state index contributed by atoms with van der Waals surface area (Å²) in [6, 6.07) is 3.16. The highest BCUT2D eigenvalue weighted by molar-refractivity contribution is 6.44. The normalized spacial score (nSPS) is 18.9. The van der Waals surface area contributed by atoms with E-state index >= 15 is 0 Å². The molecule has 0 bridgehead atoms. The zero-order chi connectivity index (χ0) is 14.0. The van der Waals surface area contributed by atoms with E-state index in [0.29, 0.717) is 27.2 Å². The second kappa shape index (κ2) is 6.02. The minimum Gasteiger partial charge on any atom is -0.399 e. The minimum absolute atomic E-state index is 0.0715. The van der Waals surface area contributed by atoms with Gasteiger partial charge in [-0.3, -0.25) is 4.79 Å². The van der Waals surface area contributed by atoms with Gasteiger partial charge in [0.15, 0.2) is 0 Å². The number of rotatable bonds is 3. The van der Waals surface area contributed by atoms with E-state index in [4.69, 9.17) is 28.9 Å². The fraction of sp³-hybridized carbons (Fsp3) is 0.500. The van der Waals surface area contributed by atoms with Crippen LogP contribution in [0.2, 0.25) is 10.0 Å². The fourth-order valence-corrected chi connectivity index (χ4v) is 3.01. The molecule has 1 saturated heterocycles. The molecule has 0 radical (unpaired) electrons. The molecule has 1 fully saturated rings. The van der Waals surface area contributed by atoms with Crippen molar-refractivity contribution in [3.05, 3.63) is 27.7 Å². The molecule has 0 aromatic heterocycles. The Morgan fingerprint density at radius 3 is 2.89 bits per heavy atom. The van der Waals surface area contributed by atoms with Crippen molar-refractivity contribution in [2.24, 2.45) is 5.92 Å². The number of hydrogen-bond acceptors (Lipinski definition) is 2. The summed E-state index contributed by atoms with van der Waals surface area (Å²) in [5.41, 5.74) is 6.59. The van der Waals surface area contributed by atoms with Crippen LogP contribution in [0.4, 0.5) is 5.69 Å². The quantitative estimate of drug-likeness (QED) is 0.862. The van der Waals surface area contributed by atoms with Crippen molar-refractivity contribution in [3.8, 4) is 0 Å². The second-order valence-electron chi connectivity index (χ2n) is 5.06. The maximum Gasteiger partial charge on any atom is 0.255 e. The lowest BCUT2D eigenvalue weighted by molar-refractivity contribution is 0.0786. The maximum absolute atomic E-state index is 12.4. The highest BCUT2D eigenvalue weighted by Crippen LogP contribution is 2.31. The molecule has 5 heteroatoms. The van der Waals surface area contributed by atoms with Gasteiger partial charge in [0.25, 0.3) is 5.91 Å². The summed E-state index contributed by atoms with van der Waals surface area (Å²) in [6.45, 7) is 3.75. The topological polar surface area (TPSA) is 46.3 Å². The Morgan fingerprint density at radius 2 is 2.21 bits per heavy atom. The van der Waals surface area contributed by atoms with Crippen LogP contribution in [0.15, 0.2) is 12.1 Å². The van der Waals surface area contributed by atoms with Crippen LogP contribution in [-0.2, 0) is 0 Å². The third-order valence-electron chi connectivity index (χ3n) is 3.55. The Balaban J connectivity index is 2.17. The smallest absolute Gasteiger partial charge is 0.255 e. The zero-order valence-corrected chi connectivity index (χ0v) is 12.5. The van der Waals surface area contributed by atoms with Crippen LogP contribution in [0.5, 0.6) is 0 Å². The summed E-state index contributed by atoms with van der Waals surface area (Å²) in [6.07, 6.45) is 3.38. The Labute approximate surface area is 123 Å². The molecule has 1 aliphatic rings. The second-order valence-corrected chi connectivity index (χ2v) is 5.84. The molecule has 0 spiro atoms. The van der Waals surface area contributed by atoms with Crippen molar-refractivity contribution in [2.75, 3.05) is 18.8 Å². The first kappa shape index (κ1) is 14.5. The maximum atomic E-state index is 12.4. The van der Waals surface area contributed by atoms with Crippen molar-refractivity contribution < 1.29 is 4.79 Å². The number of carbonyl (C=O) groups excluding carboxylic acids is 1. The molecular formula is C14H18Cl2N2O. The van der Waals surface area contributed by atoms with E-state index in [1.165, 1.54) is 0 Å². The van der Waals surface area contributed by atoms with Gasteiger partial charge < -0.3 is 10.6 Å². The monoisotopic (exact) mass is 300 g/mol. The van der Waals surface area contributed by atoms with Crippen molar-refractivity contribution in [2.45, 2.75) is 26.2 Å². The van der Waals surface area contributed by atoms with E-state index in [2.05, 4.69) is 6.92 Å². The number of nitrogen functional groups attached to an aromatic ring is 1. The molecule has 1 amide bonds. The van der Waals surface area contributed by atoms with Crippen LogP contribution in [0.1, 0.15) is 36.5 Å².